The fraction of sp³-hybridized carbons (Fsp3) is 0.545. The van der Waals surface area contributed by atoms with E-state index in [-0.39, 0.29) is 18.9 Å². The second-order valence-electron chi connectivity index (χ2n) is 3.85. The van der Waals surface area contributed by atoms with Gasteiger partial charge in [-0.3, -0.25) is 9.69 Å². The number of carbonyl (C=O) groups is 1. The maximum atomic E-state index is 12.3. The SMILES string of the molecule is CCCN(CC(=O)c1ccc(Cl)s1)CC(F)(F)F. The summed E-state index contributed by atoms with van der Waals surface area (Å²) in [5.74, 6) is -0.329. The van der Waals surface area contributed by atoms with Gasteiger partial charge in [-0.15, -0.1) is 11.3 Å². The highest BCUT2D eigenvalue weighted by Crippen LogP contribution is 2.23. The molecule has 1 rings (SSSR count). The minimum atomic E-state index is -4.29. The van der Waals surface area contributed by atoms with Crippen LogP contribution in [0, 0.1) is 0 Å². The molecule has 0 fully saturated rings. The Labute approximate surface area is 112 Å². The third kappa shape index (κ3) is 5.37. The second-order valence-corrected chi connectivity index (χ2v) is 5.57. The molecule has 0 amide bonds. The van der Waals surface area contributed by atoms with E-state index >= 15 is 0 Å². The zero-order valence-electron chi connectivity index (χ0n) is 9.76. The molecule has 0 atom stereocenters. The third-order valence-corrected chi connectivity index (χ3v) is 3.43. The predicted molar refractivity (Wildman–Crippen MR) is 66.4 cm³/mol. The van der Waals surface area contributed by atoms with Crippen LogP contribution in [0.15, 0.2) is 12.1 Å². The van der Waals surface area contributed by atoms with E-state index in [0.717, 1.165) is 16.2 Å². The van der Waals surface area contributed by atoms with Gasteiger partial charge in [0.05, 0.1) is 22.3 Å². The molecule has 102 valence electrons. The standard InChI is InChI=1S/C11H13ClF3NOS/c1-2-5-16(7-11(13,14)15)6-8(17)9-3-4-10(12)18-9/h3-4H,2,5-7H2,1H3. The average Bonchev–Trinajstić information content (AvgIpc) is 2.62. The lowest BCUT2D eigenvalue weighted by Gasteiger charge is -2.21. The minimum Gasteiger partial charge on any atom is -0.292 e. The fourth-order valence-electron chi connectivity index (χ4n) is 1.53. The zero-order chi connectivity index (χ0) is 13.8. The van der Waals surface area contributed by atoms with Gasteiger partial charge in [0.2, 0.25) is 0 Å². The molecule has 0 N–H and O–H groups in total. The Balaban J connectivity index is 2.63. The van der Waals surface area contributed by atoms with Crippen molar-refractivity contribution in [2.24, 2.45) is 0 Å². The molecule has 0 saturated carbocycles. The Hall–Kier alpha value is -0.590. The minimum absolute atomic E-state index is 0.232. The highest BCUT2D eigenvalue weighted by molar-refractivity contribution is 7.18. The number of hydrogen-bond donors (Lipinski definition) is 0. The summed E-state index contributed by atoms with van der Waals surface area (Å²) in [5, 5.41) is 0. The summed E-state index contributed by atoms with van der Waals surface area (Å²) < 4.78 is 37.4. The largest absolute Gasteiger partial charge is 0.401 e. The van der Waals surface area contributed by atoms with Crippen LogP contribution in [0.3, 0.4) is 0 Å². The van der Waals surface area contributed by atoms with Crippen LogP contribution in [0.1, 0.15) is 23.0 Å². The zero-order valence-corrected chi connectivity index (χ0v) is 11.3. The van der Waals surface area contributed by atoms with E-state index in [9.17, 15) is 18.0 Å². The summed E-state index contributed by atoms with van der Waals surface area (Å²) in [6.07, 6.45) is -3.73. The van der Waals surface area contributed by atoms with Crippen LogP contribution in [-0.2, 0) is 0 Å². The Kier molecular flexibility index (Phi) is 5.62. The number of alkyl halides is 3. The lowest BCUT2D eigenvalue weighted by molar-refractivity contribution is -0.144. The first-order chi connectivity index (χ1) is 8.31. The first-order valence-corrected chi connectivity index (χ1v) is 6.59. The summed E-state index contributed by atoms with van der Waals surface area (Å²) in [4.78, 5) is 13.3. The summed E-state index contributed by atoms with van der Waals surface area (Å²) in [6.45, 7) is 0.718. The van der Waals surface area contributed by atoms with Gasteiger partial charge in [-0.25, -0.2) is 0 Å². The fourth-order valence-corrected chi connectivity index (χ4v) is 2.50. The van der Waals surface area contributed by atoms with Crippen LogP contribution in [-0.4, -0.2) is 36.5 Å². The van der Waals surface area contributed by atoms with Gasteiger partial charge in [0.15, 0.2) is 5.78 Å². The lowest BCUT2D eigenvalue weighted by atomic mass is 10.3. The summed E-state index contributed by atoms with van der Waals surface area (Å²) in [7, 11) is 0. The molecule has 0 radical (unpaired) electrons. The summed E-state index contributed by atoms with van der Waals surface area (Å²) in [6, 6.07) is 3.10. The van der Waals surface area contributed by atoms with Crippen molar-refractivity contribution in [1.29, 1.82) is 0 Å². The van der Waals surface area contributed by atoms with Crippen molar-refractivity contribution in [2.75, 3.05) is 19.6 Å². The number of ketones is 1. The van der Waals surface area contributed by atoms with Crippen molar-refractivity contribution in [3.8, 4) is 0 Å². The van der Waals surface area contributed by atoms with E-state index in [1.165, 1.54) is 6.07 Å². The van der Waals surface area contributed by atoms with Gasteiger partial charge in [-0.1, -0.05) is 18.5 Å². The quantitative estimate of drug-likeness (QED) is 0.744. The normalized spacial score (nSPS) is 12.1. The summed E-state index contributed by atoms with van der Waals surface area (Å²) in [5.41, 5.74) is 0. The monoisotopic (exact) mass is 299 g/mol. The highest BCUT2D eigenvalue weighted by Gasteiger charge is 2.31. The number of rotatable bonds is 6. The van der Waals surface area contributed by atoms with Gasteiger partial charge in [-0.2, -0.15) is 13.2 Å². The Morgan fingerprint density at radius 3 is 2.56 bits per heavy atom. The molecule has 0 aromatic carbocycles. The maximum Gasteiger partial charge on any atom is 0.401 e. The number of hydrogen-bond acceptors (Lipinski definition) is 3. The third-order valence-electron chi connectivity index (χ3n) is 2.16. The molecule has 1 heterocycles. The maximum absolute atomic E-state index is 12.3. The Morgan fingerprint density at radius 2 is 2.11 bits per heavy atom. The van der Waals surface area contributed by atoms with Crippen molar-refractivity contribution in [3.63, 3.8) is 0 Å². The van der Waals surface area contributed by atoms with Gasteiger partial charge in [0, 0.05) is 0 Å². The molecule has 0 bridgehead atoms. The number of nitrogens with zero attached hydrogens (tertiary/aromatic N) is 1. The van der Waals surface area contributed by atoms with Crippen molar-refractivity contribution in [2.45, 2.75) is 19.5 Å². The molecule has 2 nitrogen and oxygen atoms in total. The van der Waals surface area contributed by atoms with Gasteiger partial charge >= 0.3 is 6.18 Å². The average molecular weight is 300 g/mol. The van der Waals surface area contributed by atoms with E-state index in [4.69, 9.17) is 11.6 Å². The van der Waals surface area contributed by atoms with Crippen LogP contribution < -0.4 is 0 Å². The molecule has 0 aliphatic heterocycles. The predicted octanol–water partition coefficient (Wildman–Crippen LogP) is 3.86. The Bertz CT molecular complexity index is 405. The van der Waals surface area contributed by atoms with Crippen LogP contribution in [0.5, 0.6) is 0 Å². The van der Waals surface area contributed by atoms with Crippen LogP contribution in [0.2, 0.25) is 4.34 Å². The molecule has 0 aliphatic carbocycles. The van der Waals surface area contributed by atoms with Gasteiger partial charge in [-0.05, 0) is 25.1 Å². The van der Waals surface area contributed by atoms with E-state index in [0.29, 0.717) is 15.6 Å². The van der Waals surface area contributed by atoms with Gasteiger partial charge < -0.3 is 0 Å². The first kappa shape index (κ1) is 15.5. The molecular formula is C11H13ClF3NOS. The van der Waals surface area contributed by atoms with Crippen LogP contribution >= 0.6 is 22.9 Å². The molecule has 1 aromatic heterocycles. The van der Waals surface area contributed by atoms with E-state index in [1.54, 1.807) is 13.0 Å². The number of halogens is 4. The topological polar surface area (TPSA) is 20.3 Å². The molecule has 0 saturated heterocycles. The highest BCUT2D eigenvalue weighted by atomic mass is 35.5. The molecular weight excluding hydrogens is 287 g/mol. The van der Waals surface area contributed by atoms with Crippen LogP contribution in [0.25, 0.3) is 0 Å². The van der Waals surface area contributed by atoms with Crippen LogP contribution in [0.4, 0.5) is 13.2 Å². The molecule has 18 heavy (non-hydrogen) atoms. The second kappa shape index (κ2) is 6.54. The molecule has 0 spiro atoms. The summed E-state index contributed by atoms with van der Waals surface area (Å²) >= 11 is 6.76. The number of thiophene rings is 1. The smallest absolute Gasteiger partial charge is 0.292 e. The van der Waals surface area contributed by atoms with Gasteiger partial charge in [0.25, 0.3) is 0 Å². The van der Waals surface area contributed by atoms with Gasteiger partial charge in [0.1, 0.15) is 0 Å². The van der Waals surface area contributed by atoms with Crippen molar-refractivity contribution in [1.82, 2.24) is 4.90 Å². The van der Waals surface area contributed by atoms with E-state index in [2.05, 4.69) is 0 Å². The number of carbonyl (C=O) groups excluding carboxylic acids is 1. The lowest BCUT2D eigenvalue weighted by Crippen LogP contribution is -2.38. The van der Waals surface area contributed by atoms with Crippen molar-refractivity contribution in [3.05, 3.63) is 21.3 Å². The molecule has 7 heteroatoms. The van der Waals surface area contributed by atoms with E-state index in [1.807, 2.05) is 0 Å². The number of Topliss-reactive ketones (excluding diaryl/α,β-unsaturated/α-hetero) is 1. The Morgan fingerprint density at radius 1 is 1.44 bits per heavy atom. The van der Waals surface area contributed by atoms with Crippen molar-refractivity contribution < 1.29 is 18.0 Å². The molecule has 0 unspecified atom stereocenters. The molecule has 1 aromatic rings. The van der Waals surface area contributed by atoms with E-state index < -0.39 is 12.7 Å². The van der Waals surface area contributed by atoms with Crippen molar-refractivity contribution >= 4 is 28.7 Å². The molecule has 0 aliphatic rings. The first-order valence-electron chi connectivity index (χ1n) is 5.39.